The van der Waals surface area contributed by atoms with Crippen molar-refractivity contribution in [2.75, 3.05) is 19.6 Å². The molecule has 96 valence electrons. The van der Waals surface area contributed by atoms with Gasteiger partial charge in [-0.25, -0.2) is 0 Å². The molecular formula is C13H22N2O2. The van der Waals surface area contributed by atoms with E-state index in [9.17, 15) is 9.59 Å². The van der Waals surface area contributed by atoms with Crippen molar-refractivity contribution >= 4 is 11.8 Å². The van der Waals surface area contributed by atoms with E-state index in [1.165, 1.54) is 4.90 Å². The Morgan fingerprint density at radius 1 is 1.12 bits per heavy atom. The lowest BCUT2D eigenvalue weighted by Crippen LogP contribution is -2.46. The van der Waals surface area contributed by atoms with Gasteiger partial charge in [0.15, 0.2) is 0 Å². The Balaban J connectivity index is 4.74. The monoisotopic (exact) mass is 238 g/mol. The first kappa shape index (κ1) is 15.6. The largest absolute Gasteiger partial charge is 0.299 e. The number of likely N-dealkylation sites (N-methyl/N-ethyl adjacent to an activating group) is 1. The van der Waals surface area contributed by atoms with Crippen LogP contribution in [-0.4, -0.2) is 47.3 Å². The first-order chi connectivity index (χ1) is 8.01. The highest BCUT2D eigenvalue weighted by Gasteiger charge is 2.21. The summed E-state index contributed by atoms with van der Waals surface area (Å²) in [5.41, 5.74) is 0. The molecule has 0 fully saturated rings. The molecule has 0 aromatic carbocycles. The number of imide groups is 1. The molecule has 0 saturated carbocycles. The Hall–Kier alpha value is -1.42. The minimum Gasteiger partial charge on any atom is -0.299 e. The fourth-order valence-electron chi connectivity index (χ4n) is 1.74. The van der Waals surface area contributed by atoms with Crippen LogP contribution in [0.3, 0.4) is 0 Å². The third-order valence-electron chi connectivity index (χ3n) is 2.76. The maximum atomic E-state index is 11.6. The van der Waals surface area contributed by atoms with Crippen molar-refractivity contribution in [2.45, 2.75) is 26.8 Å². The molecule has 0 aliphatic carbocycles. The number of hydrogen-bond acceptors (Lipinski definition) is 3. The third kappa shape index (κ3) is 4.53. The lowest BCUT2D eigenvalue weighted by molar-refractivity contribution is -0.139. The molecule has 0 heterocycles. The van der Waals surface area contributed by atoms with E-state index >= 15 is 0 Å². The lowest BCUT2D eigenvalue weighted by atomic mass is 10.2. The van der Waals surface area contributed by atoms with E-state index in [0.717, 1.165) is 25.2 Å². The molecule has 0 aromatic heterocycles. The Morgan fingerprint density at radius 2 is 1.53 bits per heavy atom. The quantitative estimate of drug-likeness (QED) is 0.630. The van der Waals surface area contributed by atoms with E-state index in [1.807, 2.05) is 6.92 Å². The van der Waals surface area contributed by atoms with Gasteiger partial charge >= 0.3 is 0 Å². The molecule has 0 rings (SSSR count). The third-order valence-corrected chi connectivity index (χ3v) is 2.76. The number of hydrogen-bond donors (Lipinski definition) is 0. The van der Waals surface area contributed by atoms with Crippen LogP contribution < -0.4 is 0 Å². The fourth-order valence-corrected chi connectivity index (χ4v) is 1.74. The Kier molecular flexibility index (Phi) is 7.14. The summed E-state index contributed by atoms with van der Waals surface area (Å²) in [4.78, 5) is 26.5. The molecule has 1 atom stereocenters. The average Bonchev–Trinajstić information content (AvgIpc) is 2.35. The van der Waals surface area contributed by atoms with Crippen molar-refractivity contribution in [3.05, 3.63) is 25.3 Å². The van der Waals surface area contributed by atoms with Crippen molar-refractivity contribution in [3.63, 3.8) is 0 Å². The van der Waals surface area contributed by atoms with E-state index in [2.05, 4.69) is 31.9 Å². The van der Waals surface area contributed by atoms with Gasteiger partial charge in [0.2, 0.25) is 0 Å². The maximum Gasteiger partial charge on any atom is 0.252 e. The predicted octanol–water partition coefficient (Wildman–Crippen LogP) is 1.44. The summed E-state index contributed by atoms with van der Waals surface area (Å²) >= 11 is 0. The lowest BCUT2D eigenvalue weighted by Gasteiger charge is -2.30. The molecule has 0 aliphatic rings. The van der Waals surface area contributed by atoms with Gasteiger partial charge in [0.1, 0.15) is 0 Å². The molecule has 0 radical (unpaired) electrons. The van der Waals surface area contributed by atoms with Gasteiger partial charge < -0.3 is 0 Å². The standard InChI is InChI=1S/C13H22N2O2/c1-6-12(16)15(13(17)7-2)10-11(5)14(8-3)9-4/h6-7,11H,1-2,8-10H2,3-5H3. The van der Waals surface area contributed by atoms with Crippen molar-refractivity contribution < 1.29 is 9.59 Å². The van der Waals surface area contributed by atoms with Gasteiger partial charge in [0.05, 0.1) is 0 Å². The van der Waals surface area contributed by atoms with Crippen LogP contribution in [0.5, 0.6) is 0 Å². The predicted molar refractivity (Wildman–Crippen MR) is 69.5 cm³/mol. The topological polar surface area (TPSA) is 40.6 Å². The van der Waals surface area contributed by atoms with E-state index in [-0.39, 0.29) is 17.9 Å². The van der Waals surface area contributed by atoms with Gasteiger partial charge in [0, 0.05) is 12.6 Å². The van der Waals surface area contributed by atoms with Crippen molar-refractivity contribution in [3.8, 4) is 0 Å². The van der Waals surface area contributed by atoms with Crippen LogP contribution in [0, 0.1) is 0 Å². The summed E-state index contributed by atoms with van der Waals surface area (Å²) in [7, 11) is 0. The SMILES string of the molecule is C=CC(=O)N(CC(C)N(CC)CC)C(=O)C=C. The molecular weight excluding hydrogens is 216 g/mol. The summed E-state index contributed by atoms with van der Waals surface area (Å²) in [5, 5.41) is 0. The fraction of sp³-hybridized carbons (Fsp3) is 0.538. The Bertz CT molecular complexity index is 276. The zero-order chi connectivity index (χ0) is 13.4. The second-order valence-electron chi connectivity index (χ2n) is 3.77. The molecule has 0 N–H and O–H groups in total. The summed E-state index contributed by atoms with van der Waals surface area (Å²) < 4.78 is 0. The highest BCUT2D eigenvalue weighted by atomic mass is 16.2. The minimum atomic E-state index is -0.381. The van der Waals surface area contributed by atoms with E-state index < -0.39 is 0 Å². The van der Waals surface area contributed by atoms with Gasteiger partial charge in [-0.05, 0) is 32.2 Å². The van der Waals surface area contributed by atoms with Crippen LogP contribution in [0.15, 0.2) is 25.3 Å². The van der Waals surface area contributed by atoms with Crippen LogP contribution in [0.2, 0.25) is 0 Å². The summed E-state index contributed by atoms with van der Waals surface area (Å²) in [6.07, 6.45) is 2.30. The maximum absolute atomic E-state index is 11.6. The molecule has 4 heteroatoms. The Labute approximate surface area is 104 Å². The van der Waals surface area contributed by atoms with Crippen molar-refractivity contribution in [1.82, 2.24) is 9.80 Å². The number of carbonyl (C=O) groups excluding carboxylic acids is 2. The van der Waals surface area contributed by atoms with E-state index in [4.69, 9.17) is 0 Å². The van der Waals surface area contributed by atoms with Crippen molar-refractivity contribution in [1.29, 1.82) is 0 Å². The molecule has 0 aromatic rings. The van der Waals surface area contributed by atoms with E-state index in [1.54, 1.807) is 0 Å². The highest BCUT2D eigenvalue weighted by molar-refractivity contribution is 6.04. The van der Waals surface area contributed by atoms with Gasteiger partial charge in [-0.15, -0.1) is 0 Å². The second-order valence-corrected chi connectivity index (χ2v) is 3.77. The Morgan fingerprint density at radius 3 is 1.82 bits per heavy atom. The smallest absolute Gasteiger partial charge is 0.252 e. The number of rotatable bonds is 7. The number of amides is 2. The summed E-state index contributed by atoms with van der Waals surface area (Å²) in [6, 6.07) is 0.123. The molecule has 2 amide bonds. The van der Waals surface area contributed by atoms with Crippen LogP contribution >= 0.6 is 0 Å². The first-order valence-electron chi connectivity index (χ1n) is 5.86. The van der Waals surface area contributed by atoms with Gasteiger partial charge in [-0.2, -0.15) is 0 Å². The number of carbonyl (C=O) groups is 2. The van der Waals surface area contributed by atoms with Gasteiger partial charge in [-0.1, -0.05) is 27.0 Å². The molecule has 1 unspecified atom stereocenters. The zero-order valence-electron chi connectivity index (χ0n) is 11.0. The second kappa shape index (κ2) is 7.79. The average molecular weight is 238 g/mol. The highest BCUT2D eigenvalue weighted by Crippen LogP contribution is 2.03. The molecule has 0 saturated heterocycles. The van der Waals surface area contributed by atoms with Crippen LogP contribution in [0.4, 0.5) is 0 Å². The molecule has 4 nitrogen and oxygen atoms in total. The molecule has 17 heavy (non-hydrogen) atoms. The van der Waals surface area contributed by atoms with Crippen LogP contribution in [0.25, 0.3) is 0 Å². The molecule has 0 spiro atoms. The summed E-state index contributed by atoms with van der Waals surface area (Å²) in [6.45, 7) is 15.0. The van der Waals surface area contributed by atoms with E-state index in [0.29, 0.717) is 6.54 Å². The van der Waals surface area contributed by atoms with Gasteiger partial charge in [0.25, 0.3) is 11.8 Å². The first-order valence-corrected chi connectivity index (χ1v) is 5.86. The molecule has 0 bridgehead atoms. The minimum absolute atomic E-state index is 0.123. The normalized spacial score (nSPS) is 12.0. The summed E-state index contributed by atoms with van der Waals surface area (Å²) in [5.74, 6) is -0.761. The van der Waals surface area contributed by atoms with Gasteiger partial charge in [-0.3, -0.25) is 19.4 Å². The number of nitrogens with zero attached hydrogens (tertiary/aromatic N) is 2. The van der Waals surface area contributed by atoms with Crippen LogP contribution in [0.1, 0.15) is 20.8 Å². The zero-order valence-corrected chi connectivity index (χ0v) is 11.0. The van der Waals surface area contributed by atoms with Crippen LogP contribution in [-0.2, 0) is 9.59 Å². The van der Waals surface area contributed by atoms with Crippen molar-refractivity contribution in [2.24, 2.45) is 0 Å². The molecule has 0 aliphatic heterocycles.